The van der Waals surface area contributed by atoms with E-state index in [1.807, 2.05) is 37.3 Å². The normalized spacial score (nSPS) is 12.5. The molecule has 0 saturated carbocycles. The van der Waals surface area contributed by atoms with Crippen molar-refractivity contribution in [3.05, 3.63) is 59.7 Å². The summed E-state index contributed by atoms with van der Waals surface area (Å²) in [4.78, 5) is 11.5. The summed E-state index contributed by atoms with van der Waals surface area (Å²) in [6.45, 7) is 1.83. The highest BCUT2D eigenvalue weighted by Crippen LogP contribution is 2.25. The molecule has 0 bridgehead atoms. The van der Waals surface area contributed by atoms with Crippen LogP contribution in [0.3, 0.4) is 0 Å². The molecule has 0 aliphatic rings. The highest BCUT2D eigenvalue weighted by Gasteiger charge is 2.19. The Morgan fingerprint density at radius 2 is 1.85 bits per heavy atom. The lowest BCUT2D eigenvalue weighted by atomic mass is 10.1. The van der Waals surface area contributed by atoms with Crippen molar-refractivity contribution in [1.29, 1.82) is 0 Å². The van der Waals surface area contributed by atoms with E-state index in [1.54, 1.807) is 0 Å². The van der Waals surface area contributed by atoms with Crippen molar-refractivity contribution < 1.29 is 23.4 Å². The molecule has 1 atom stereocenters. The number of aromatic carboxylic acids is 1. The standard InChI is InChI=1S/C18H22N2O5S/c1-13(14-6-3-2-4-7-14)20-17-9-8-15(12-16(17)18(22)23)26(24,25)19-10-5-11-21/h2-4,6-9,12-13,19-21H,5,10-11H2,1H3,(H,22,23). The van der Waals surface area contributed by atoms with Crippen LogP contribution in [0.25, 0.3) is 0 Å². The van der Waals surface area contributed by atoms with Crippen LogP contribution in [-0.4, -0.2) is 37.8 Å². The fraction of sp³-hybridized carbons (Fsp3) is 0.278. The van der Waals surface area contributed by atoms with E-state index in [1.165, 1.54) is 12.1 Å². The van der Waals surface area contributed by atoms with E-state index < -0.39 is 16.0 Å². The Morgan fingerprint density at radius 3 is 2.46 bits per heavy atom. The number of aliphatic hydroxyl groups excluding tert-OH is 1. The third-order valence-electron chi connectivity index (χ3n) is 3.83. The Kier molecular flexibility index (Phi) is 6.73. The Hall–Kier alpha value is -2.42. The Labute approximate surface area is 152 Å². The van der Waals surface area contributed by atoms with E-state index in [0.29, 0.717) is 5.69 Å². The van der Waals surface area contributed by atoms with Gasteiger partial charge in [0.15, 0.2) is 0 Å². The van der Waals surface area contributed by atoms with Crippen LogP contribution in [0.1, 0.15) is 35.3 Å². The molecule has 0 aliphatic carbocycles. The van der Waals surface area contributed by atoms with Crippen molar-refractivity contribution in [3.8, 4) is 0 Å². The van der Waals surface area contributed by atoms with Gasteiger partial charge in [0.25, 0.3) is 0 Å². The third kappa shape index (κ3) is 5.04. The van der Waals surface area contributed by atoms with Gasteiger partial charge >= 0.3 is 5.97 Å². The van der Waals surface area contributed by atoms with Gasteiger partial charge in [-0.3, -0.25) is 0 Å². The van der Waals surface area contributed by atoms with Crippen molar-refractivity contribution in [2.75, 3.05) is 18.5 Å². The third-order valence-corrected chi connectivity index (χ3v) is 5.29. The Morgan fingerprint density at radius 1 is 1.15 bits per heavy atom. The first kappa shape index (κ1) is 19.9. The summed E-state index contributed by atoms with van der Waals surface area (Å²) in [6.07, 6.45) is 0.277. The molecule has 0 aromatic heterocycles. The molecule has 2 rings (SSSR count). The van der Waals surface area contributed by atoms with Crippen LogP contribution in [0.5, 0.6) is 0 Å². The number of hydrogen-bond donors (Lipinski definition) is 4. The molecule has 140 valence electrons. The molecule has 0 radical (unpaired) electrons. The molecule has 8 heteroatoms. The molecular formula is C18H22N2O5S. The maximum Gasteiger partial charge on any atom is 0.337 e. The average molecular weight is 378 g/mol. The zero-order chi connectivity index (χ0) is 19.2. The number of anilines is 1. The summed E-state index contributed by atoms with van der Waals surface area (Å²) in [5, 5.41) is 21.3. The first-order chi connectivity index (χ1) is 12.3. The number of sulfonamides is 1. The van der Waals surface area contributed by atoms with Crippen LogP contribution in [0.2, 0.25) is 0 Å². The predicted molar refractivity (Wildman–Crippen MR) is 98.8 cm³/mol. The van der Waals surface area contributed by atoms with Crippen LogP contribution in [0.15, 0.2) is 53.4 Å². The SMILES string of the molecule is CC(Nc1ccc(S(=O)(=O)NCCCO)cc1C(=O)O)c1ccccc1. The van der Waals surface area contributed by atoms with Gasteiger partial charge in [0.1, 0.15) is 0 Å². The molecule has 2 aromatic carbocycles. The first-order valence-electron chi connectivity index (χ1n) is 8.14. The minimum absolute atomic E-state index is 0.0757. The maximum atomic E-state index is 12.2. The van der Waals surface area contributed by atoms with Crippen molar-refractivity contribution in [2.45, 2.75) is 24.3 Å². The zero-order valence-electron chi connectivity index (χ0n) is 14.3. The van der Waals surface area contributed by atoms with Gasteiger partial charge in [-0.05, 0) is 37.1 Å². The van der Waals surface area contributed by atoms with Gasteiger partial charge in [0.2, 0.25) is 10.0 Å². The molecule has 0 fully saturated rings. The van der Waals surface area contributed by atoms with Crippen molar-refractivity contribution >= 4 is 21.7 Å². The molecule has 0 amide bonds. The second-order valence-electron chi connectivity index (χ2n) is 5.76. The molecule has 7 nitrogen and oxygen atoms in total. The van der Waals surface area contributed by atoms with Crippen LogP contribution < -0.4 is 10.0 Å². The van der Waals surface area contributed by atoms with E-state index in [-0.39, 0.29) is 36.1 Å². The largest absolute Gasteiger partial charge is 0.478 e. The van der Waals surface area contributed by atoms with Gasteiger partial charge < -0.3 is 15.5 Å². The number of aliphatic hydroxyl groups is 1. The Balaban J connectivity index is 2.27. The molecule has 1 unspecified atom stereocenters. The number of carbonyl (C=O) groups is 1. The van der Waals surface area contributed by atoms with Crippen molar-refractivity contribution in [1.82, 2.24) is 4.72 Å². The van der Waals surface area contributed by atoms with Gasteiger partial charge in [0.05, 0.1) is 10.5 Å². The van der Waals surface area contributed by atoms with Crippen LogP contribution >= 0.6 is 0 Å². The smallest absolute Gasteiger partial charge is 0.337 e. The quantitative estimate of drug-likeness (QED) is 0.497. The van der Waals surface area contributed by atoms with Gasteiger partial charge in [0, 0.05) is 24.9 Å². The van der Waals surface area contributed by atoms with Crippen LogP contribution in [0, 0.1) is 0 Å². The topological polar surface area (TPSA) is 116 Å². The van der Waals surface area contributed by atoms with E-state index in [0.717, 1.165) is 11.6 Å². The fourth-order valence-corrected chi connectivity index (χ4v) is 3.52. The number of rotatable bonds is 9. The van der Waals surface area contributed by atoms with E-state index in [9.17, 15) is 18.3 Å². The average Bonchev–Trinajstić information content (AvgIpc) is 2.62. The number of nitrogens with one attached hydrogen (secondary N) is 2. The van der Waals surface area contributed by atoms with Crippen LogP contribution in [0.4, 0.5) is 5.69 Å². The lowest BCUT2D eigenvalue weighted by Gasteiger charge is -2.18. The summed E-state index contributed by atoms with van der Waals surface area (Å²) in [7, 11) is -3.84. The lowest BCUT2D eigenvalue weighted by molar-refractivity contribution is 0.0697. The minimum Gasteiger partial charge on any atom is -0.478 e. The molecule has 4 N–H and O–H groups in total. The lowest BCUT2D eigenvalue weighted by Crippen LogP contribution is -2.25. The fourth-order valence-electron chi connectivity index (χ4n) is 2.42. The molecule has 0 heterocycles. The van der Waals surface area contributed by atoms with Crippen LogP contribution in [-0.2, 0) is 10.0 Å². The van der Waals surface area contributed by atoms with Gasteiger partial charge in [-0.1, -0.05) is 30.3 Å². The number of carboxylic acids is 1. The highest BCUT2D eigenvalue weighted by molar-refractivity contribution is 7.89. The second-order valence-corrected chi connectivity index (χ2v) is 7.53. The van der Waals surface area contributed by atoms with Crippen molar-refractivity contribution in [3.63, 3.8) is 0 Å². The monoisotopic (exact) mass is 378 g/mol. The van der Waals surface area contributed by atoms with Gasteiger partial charge in [-0.25, -0.2) is 17.9 Å². The van der Waals surface area contributed by atoms with Gasteiger partial charge in [-0.15, -0.1) is 0 Å². The minimum atomic E-state index is -3.84. The molecule has 2 aromatic rings. The highest BCUT2D eigenvalue weighted by atomic mass is 32.2. The maximum absolute atomic E-state index is 12.2. The summed E-state index contributed by atoms with van der Waals surface area (Å²) in [5.41, 5.74) is 1.19. The second kappa shape index (κ2) is 8.79. The number of benzene rings is 2. The van der Waals surface area contributed by atoms with E-state index in [2.05, 4.69) is 10.0 Å². The zero-order valence-corrected chi connectivity index (χ0v) is 15.2. The van der Waals surface area contributed by atoms with E-state index in [4.69, 9.17) is 5.11 Å². The number of hydrogen-bond acceptors (Lipinski definition) is 5. The summed E-state index contributed by atoms with van der Waals surface area (Å²) in [6, 6.07) is 13.3. The Bertz CT molecular complexity index is 853. The molecule has 0 saturated heterocycles. The summed E-state index contributed by atoms with van der Waals surface area (Å²) >= 11 is 0. The van der Waals surface area contributed by atoms with Crippen molar-refractivity contribution in [2.24, 2.45) is 0 Å². The van der Waals surface area contributed by atoms with Gasteiger partial charge in [-0.2, -0.15) is 0 Å². The molecule has 26 heavy (non-hydrogen) atoms. The predicted octanol–water partition coefficient (Wildman–Crippen LogP) is 2.22. The molecule has 0 spiro atoms. The summed E-state index contributed by atoms with van der Waals surface area (Å²) < 4.78 is 26.8. The molecule has 0 aliphatic heterocycles. The number of carboxylic acid groups (broad SMARTS) is 1. The first-order valence-corrected chi connectivity index (χ1v) is 9.63. The molecular weight excluding hydrogens is 356 g/mol. The van der Waals surface area contributed by atoms with E-state index >= 15 is 0 Å². The summed E-state index contributed by atoms with van der Waals surface area (Å²) in [5.74, 6) is -1.22.